The molecule has 0 saturated carbocycles. The van der Waals surface area contributed by atoms with Gasteiger partial charge in [-0.15, -0.1) is 10.2 Å². The lowest BCUT2D eigenvalue weighted by Crippen LogP contribution is -2.29. The van der Waals surface area contributed by atoms with Crippen molar-refractivity contribution >= 4 is 5.69 Å². The Morgan fingerprint density at radius 3 is 2.89 bits per heavy atom. The summed E-state index contributed by atoms with van der Waals surface area (Å²) in [7, 11) is 0. The van der Waals surface area contributed by atoms with Crippen LogP contribution in [0.25, 0.3) is 11.5 Å². The van der Waals surface area contributed by atoms with Crippen molar-refractivity contribution in [3.05, 3.63) is 30.7 Å². The van der Waals surface area contributed by atoms with E-state index in [2.05, 4.69) is 29.4 Å². The number of aliphatic hydroxyl groups is 1. The van der Waals surface area contributed by atoms with Crippen LogP contribution in [0.3, 0.4) is 0 Å². The van der Waals surface area contributed by atoms with E-state index in [4.69, 9.17) is 4.42 Å². The molecule has 0 aliphatic heterocycles. The van der Waals surface area contributed by atoms with Crippen LogP contribution in [-0.4, -0.2) is 28.5 Å². The van der Waals surface area contributed by atoms with Gasteiger partial charge in [-0.05, 0) is 24.6 Å². The predicted octanol–water partition coefficient (Wildman–Crippen LogP) is 2.56. The standard InChI is InChI=1S/C14H19N3O2/c1-3-14(2,9-18)8-15-12-6-4-5-11(7-12)13-17-16-10-19-13/h4-7,10,15,18H,3,8-9H2,1-2H3. The molecule has 1 heterocycles. The van der Waals surface area contributed by atoms with Gasteiger partial charge in [0.15, 0.2) is 0 Å². The second-order valence-corrected chi connectivity index (χ2v) is 5.00. The van der Waals surface area contributed by atoms with Gasteiger partial charge in [-0.25, -0.2) is 0 Å². The van der Waals surface area contributed by atoms with Crippen LogP contribution in [0.5, 0.6) is 0 Å². The van der Waals surface area contributed by atoms with E-state index in [0.717, 1.165) is 17.7 Å². The molecule has 5 nitrogen and oxygen atoms in total. The fourth-order valence-corrected chi connectivity index (χ4v) is 1.67. The second-order valence-electron chi connectivity index (χ2n) is 5.00. The van der Waals surface area contributed by atoms with Crippen molar-refractivity contribution in [3.8, 4) is 11.5 Å². The molecule has 0 radical (unpaired) electrons. The third-order valence-electron chi connectivity index (χ3n) is 3.42. The van der Waals surface area contributed by atoms with Crippen molar-refractivity contribution in [3.63, 3.8) is 0 Å². The van der Waals surface area contributed by atoms with Gasteiger partial charge < -0.3 is 14.8 Å². The van der Waals surface area contributed by atoms with E-state index < -0.39 is 0 Å². The molecule has 0 spiro atoms. The zero-order chi connectivity index (χ0) is 13.7. The number of nitrogens with zero attached hydrogens (tertiary/aromatic N) is 2. The van der Waals surface area contributed by atoms with E-state index >= 15 is 0 Å². The Hall–Kier alpha value is -1.88. The SMILES string of the molecule is CCC(C)(CO)CNc1cccc(-c2nnco2)c1. The van der Waals surface area contributed by atoms with Crippen molar-refractivity contribution in [1.82, 2.24) is 10.2 Å². The van der Waals surface area contributed by atoms with Crippen molar-refractivity contribution in [1.29, 1.82) is 0 Å². The number of aliphatic hydroxyl groups excluding tert-OH is 1. The average Bonchev–Trinajstić information content (AvgIpc) is 2.99. The highest BCUT2D eigenvalue weighted by molar-refractivity contribution is 5.60. The Balaban J connectivity index is 2.08. The van der Waals surface area contributed by atoms with Gasteiger partial charge in [0.1, 0.15) is 0 Å². The highest BCUT2D eigenvalue weighted by atomic mass is 16.4. The van der Waals surface area contributed by atoms with Crippen LogP contribution in [0.4, 0.5) is 5.69 Å². The van der Waals surface area contributed by atoms with E-state index in [1.807, 2.05) is 24.3 Å². The largest absolute Gasteiger partial charge is 0.423 e. The van der Waals surface area contributed by atoms with Crippen LogP contribution in [0, 0.1) is 5.41 Å². The molecule has 0 saturated heterocycles. The van der Waals surface area contributed by atoms with E-state index in [1.54, 1.807) is 0 Å². The number of rotatable bonds is 6. The van der Waals surface area contributed by atoms with Gasteiger partial charge in [0.2, 0.25) is 12.3 Å². The summed E-state index contributed by atoms with van der Waals surface area (Å²) in [6, 6.07) is 7.79. The highest BCUT2D eigenvalue weighted by Gasteiger charge is 2.20. The van der Waals surface area contributed by atoms with E-state index in [-0.39, 0.29) is 12.0 Å². The van der Waals surface area contributed by atoms with E-state index in [1.165, 1.54) is 6.39 Å². The van der Waals surface area contributed by atoms with Crippen LogP contribution in [-0.2, 0) is 0 Å². The molecule has 102 valence electrons. The summed E-state index contributed by atoms with van der Waals surface area (Å²) in [5.74, 6) is 0.504. The Kier molecular flexibility index (Phi) is 4.16. The third-order valence-corrected chi connectivity index (χ3v) is 3.42. The quantitative estimate of drug-likeness (QED) is 0.836. The highest BCUT2D eigenvalue weighted by Crippen LogP contribution is 2.23. The molecule has 0 amide bonds. The number of benzene rings is 1. The Morgan fingerprint density at radius 1 is 1.42 bits per heavy atom. The molecule has 0 bridgehead atoms. The predicted molar refractivity (Wildman–Crippen MR) is 73.7 cm³/mol. The molecule has 1 aromatic carbocycles. The molecule has 0 fully saturated rings. The van der Waals surface area contributed by atoms with Gasteiger partial charge in [0, 0.05) is 23.2 Å². The third kappa shape index (κ3) is 3.32. The zero-order valence-electron chi connectivity index (χ0n) is 11.3. The lowest BCUT2D eigenvalue weighted by atomic mass is 9.88. The monoisotopic (exact) mass is 261 g/mol. The zero-order valence-corrected chi connectivity index (χ0v) is 11.3. The summed E-state index contributed by atoms with van der Waals surface area (Å²) in [5, 5.41) is 20.3. The maximum atomic E-state index is 9.39. The first kappa shape index (κ1) is 13.5. The summed E-state index contributed by atoms with van der Waals surface area (Å²) in [4.78, 5) is 0. The van der Waals surface area contributed by atoms with Gasteiger partial charge >= 0.3 is 0 Å². The van der Waals surface area contributed by atoms with Crippen LogP contribution in [0.15, 0.2) is 35.1 Å². The Labute approximate surface area is 112 Å². The lowest BCUT2D eigenvalue weighted by Gasteiger charge is -2.26. The average molecular weight is 261 g/mol. The van der Waals surface area contributed by atoms with Crippen molar-refractivity contribution in [2.45, 2.75) is 20.3 Å². The molecule has 1 aromatic heterocycles. The first-order valence-electron chi connectivity index (χ1n) is 6.38. The fraction of sp³-hybridized carbons (Fsp3) is 0.429. The molecular weight excluding hydrogens is 242 g/mol. The van der Waals surface area contributed by atoms with Gasteiger partial charge in [0.25, 0.3) is 0 Å². The number of hydrogen-bond donors (Lipinski definition) is 2. The first-order valence-corrected chi connectivity index (χ1v) is 6.38. The molecule has 2 rings (SSSR count). The maximum absolute atomic E-state index is 9.39. The maximum Gasteiger partial charge on any atom is 0.247 e. The van der Waals surface area contributed by atoms with Crippen molar-refractivity contribution in [2.75, 3.05) is 18.5 Å². The number of anilines is 1. The summed E-state index contributed by atoms with van der Waals surface area (Å²) in [5.41, 5.74) is 1.74. The van der Waals surface area contributed by atoms with Crippen LogP contribution < -0.4 is 5.32 Å². The number of aromatic nitrogens is 2. The minimum absolute atomic E-state index is 0.111. The van der Waals surface area contributed by atoms with Crippen molar-refractivity contribution < 1.29 is 9.52 Å². The topological polar surface area (TPSA) is 71.2 Å². The second kappa shape index (κ2) is 5.84. The van der Waals surface area contributed by atoms with Gasteiger partial charge in [0.05, 0.1) is 6.61 Å². The molecule has 2 aromatic rings. The molecule has 2 N–H and O–H groups in total. The molecule has 5 heteroatoms. The minimum atomic E-state index is -0.111. The van der Waals surface area contributed by atoms with Crippen LogP contribution in [0.1, 0.15) is 20.3 Å². The Morgan fingerprint density at radius 2 is 2.26 bits per heavy atom. The summed E-state index contributed by atoms with van der Waals surface area (Å²) in [6.45, 7) is 5.02. The molecule has 19 heavy (non-hydrogen) atoms. The van der Waals surface area contributed by atoms with Crippen LogP contribution in [0.2, 0.25) is 0 Å². The summed E-state index contributed by atoms with van der Waals surface area (Å²) >= 11 is 0. The molecule has 1 unspecified atom stereocenters. The van der Waals surface area contributed by atoms with E-state index in [9.17, 15) is 5.11 Å². The van der Waals surface area contributed by atoms with Crippen LogP contribution >= 0.6 is 0 Å². The van der Waals surface area contributed by atoms with Crippen molar-refractivity contribution in [2.24, 2.45) is 5.41 Å². The number of nitrogens with one attached hydrogen (secondary N) is 1. The molecule has 0 aliphatic carbocycles. The van der Waals surface area contributed by atoms with E-state index in [0.29, 0.717) is 12.4 Å². The Bertz CT molecular complexity index is 507. The molecule has 1 atom stereocenters. The first-order chi connectivity index (χ1) is 9.17. The van der Waals surface area contributed by atoms with Gasteiger partial charge in [-0.1, -0.05) is 19.9 Å². The van der Waals surface area contributed by atoms with Gasteiger partial charge in [-0.3, -0.25) is 0 Å². The molecule has 0 aliphatic rings. The summed E-state index contributed by atoms with van der Waals surface area (Å²) in [6.07, 6.45) is 2.23. The van der Waals surface area contributed by atoms with Gasteiger partial charge in [-0.2, -0.15) is 0 Å². The summed E-state index contributed by atoms with van der Waals surface area (Å²) < 4.78 is 5.17. The minimum Gasteiger partial charge on any atom is -0.423 e. The lowest BCUT2D eigenvalue weighted by molar-refractivity contribution is 0.149. The normalized spacial score (nSPS) is 14.1. The smallest absolute Gasteiger partial charge is 0.247 e. The fourth-order valence-electron chi connectivity index (χ4n) is 1.67. The number of hydrogen-bond acceptors (Lipinski definition) is 5. The molecular formula is C14H19N3O2.